The quantitative estimate of drug-likeness (QED) is 0.883. The van der Waals surface area contributed by atoms with Crippen LogP contribution in [0.25, 0.3) is 0 Å². The van der Waals surface area contributed by atoms with Crippen molar-refractivity contribution < 1.29 is 14.3 Å². The van der Waals surface area contributed by atoms with Gasteiger partial charge in [0.2, 0.25) is 5.91 Å². The van der Waals surface area contributed by atoms with Crippen LogP contribution in [0.2, 0.25) is 5.02 Å². The molecule has 0 unspecified atom stereocenters. The Morgan fingerprint density at radius 1 is 1.45 bits per heavy atom. The van der Waals surface area contributed by atoms with E-state index in [9.17, 15) is 4.79 Å². The second-order valence-corrected chi connectivity index (χ2v) is 5.51. The van der Waals surface area contributed by atoms with Crippen molar-refractivity contribution in [3.8, 4) is 5.75 Å². The van der Waals surface area contributed by atoms with Crippen LogP contribution in [0, 0.1) is 0 Å². The third-order valence-electron chi connectivity index (χ3n) is 3.47. The lowest BCUT2D eigenvalue weighted by molar-refractivity contribution is -0.138. The normalized spacial score (nSPS) is 20.9. The molecule has 1 N–H and O–H groups in total. The van der Waals surface area contributed by atoms with Gasteiger partial charge < -0.3 is 19.7 Å². The molecule has 0 aromatic heterocycles. The Morgan fingerprint density at radius 3 is 2.77 bits per heavy atom. The number of halogens is 2. The van der Waals surface area contributed by atoms with E-state index in [0.29, 0.717) is 31.3 Å². The van der Waals surface area contributed by atoms with Crippen molar-refractivity contribution in [3.63, 3.8) is 0 Å². The van der Waals surface area contributed by atoms with E-state index in [1.807, 2.05) is 19.1 Å². The van der Waals surface area contributed by atoms with Gasteiger partial charge in [0.1, 0.15) is 18.4 Å². The first-order valence-electron chi connectivity index (χ1n) is 7.06. The lowest BCUT2D eigenvalue weighted by Crippen LogP contribution is -2.56. The first-order chi connectivity index (χ1) is 10.1. The summed E-state index contributed by atoms with van der Waals surface area (Å²) in [7, 11) is 1.77. The SMILES string of the molecule is C[C@H]1OCCN[C@@H]1C(=O)N(C)CCOc1ccc(Cl)cc1.Cl. The highest BCUT2D eigenvalue weighted by molar-refractivity contribution is 6.30. The maximum Gasteiger partial charge on any atom is 0.242 e. The minimum Gasteiger partial charge on any atom is -0.492 e. The molecule has 1 aromatic carbocycles. The van der Waals surface area contributed by atoms with Gasteiger partial charge in [-0.3, -0.25) is 4.79 Å². The summed E-state index contributed by atoms with van der Waals surface area (Å²) >= 11 is 5.81. The van der Waals surface area contributed by atoms with Crippen molar-refractivity contribution in [1.82, 2.24) is 10.2 Å². The number of ether oxygens (including phenoxy) is 2. The third kappa shape index (κ3) is 5.32. The van der Waals surface area contributed by atoms with Crippen molar-refractivity contribution >= 4 is 29.9 Å². The highest BCUT2D eigenvalue weighted by Gasteiger charge is 2.30. The maximum atomic E-state index is 12.3. The molecule has 0 aliphatic carbocycles. The molecule has 1 aliphatic heterocycles. The fourth-order valence-corrected chi connectivity index (χ4v) is 2.31. The minimum absolute atomic E-state index is 0. The Morgan fingerprint density at radius 2 is 2.14 bits per heavy atom. The molecule has 1 fully saturated rings. The summed E-state index contributed by atoms with van der Waals surface area (Å²) in [5.74, 6) is 0.773. The highest BCUT2D eigenvalue weighted by atomic mass is 35.5. The summed E-state index contributed by atoms with van der Waals surface area (Å²) in [6.45, 7) is 4.22. The fraction of sp³-hybridized carbons (Fsp3) is 0.533. The Labute approximate surface area is 142 Å². The van der Waals surface area contributed by atoms with Gasteiger partial charge >= 0.3 is 0 Å². The number of benzene rings is 1. The van der Waals surface area contributed by atoms with Crippen LogP contribution in [0.3, 0.4) is 0 Å². The molecule has 5 nitrogen and oxygen atoms in total. The van der Waals surface area contributed by atoms with E-state index in [4.69, 9.17) is 21.1 Å². The van der Waals surface area contributed by atoms with Crippen LogP contribution in [0.1, 0.15) is 6.92 Å². The molecule has 1 aliphatic rings. The number of morpholine rings is 1. The molecule has 0 bridgehead atoms. The zero-order chi connectivity index (χ0) is 15.2. The Balaban J connectivity index is 0.00000242. The van der Waals surface area contributed by atoms with Gasteiger partial charge in [-0.15, -0.1) is 12.4 Å². The number of hydrogen-bond acceptors (Lipinski definition) is 4. The Kier molecular flexibility index (Phi) is 7.96. The van der Waals surface area contributed by atoms with Crippen LogP contribution < -0.4 is 10.1 Å². The molecule has 1 heterocycles. The second-order valence-electron chi connectivity index (χ2n) is 5.07. The van der Waals surface area contributed by atoms with Crippen LogP contribution >= 0.6 is 24.0 Å². The molecular formula is C15H22Cl2N2O3. The Hall–Kier alpha value is -1.01. The molecule has 2 rings (SSSR count). The van der Waals surface area contributed by atoms with E-state index < -0.39 is 0 Å². The molecule has 0 spiro atoms. The lowest BCUT2D eigenvalue weighted by atomic mass is 10.1. The van der Waals surface area contributed by atoms with E-state index in [2.05, 4.69) is 5.32 Å². The number of nitrogens with one attached hydrogen (secondary N) is 1. The largest absolute Gasteiger partial charge is 0.492 e. The molecule has 1 saturated heterocycles. The predicted octanol–water partition coefficient (Wildman–Crippen LogP) is 1.98. The summed E-state index contributed by atoms with van der Waals surface area (Å²) < 4.78 is 11.1. The number of carbonyl (C=O) groups is 1. The van der Waals surface area contributed by atoms with Gasteiger partial charge in [-0.2, -0.15) is 0 Å². The first-order valence-corrected chi connectivity index (χ1v) is 7.44. The van der Waals surface area contributed by atoms with Crippen LogP contribution in [0.15, 0.2) is 24.3 Å². The van der Waals surface area contributed by atoms with Crippen molar-refractivity contribution in [2.75, 3.05) is 33.4 Å². The number of nitrogens with zero attached hydrogens (tertiary/aromatic N) is 1. The van der Waals surface area contributed by atoms with Crippen LogP contribution in [-0.4, -0.2) is 56.3 Å². The lowest BCUT2D eigenvalue weighted by Gasteiger charge is -2.32. The van der Waals surface area contributed by atoms with Gasteiger partial charge in [-0.1, -0.05) is 11.6 Å². The second kappa shape index (κ2) is 9.20. The van der Waals surface area contributed by atoms with Gasteiger partial charge in [0, 0.05) is 18.6 Å². The minimum atomic E-state index is -0.278. The molecule has 2 atom stereocenters. The first kappa shape index (κ1) is 19.0. The van der Waals surface area contributed by atoms with Gasteiger partial charge in [0.25, 0.3) is 0 Å². The smallest absolute Gasteiger partial charge is 0.242 e. The predicted molar refractivity (Wildman–Crippen MR) is 89.0 cm³/mol. The number of amides is 1. The van der Waals surface area contributed by atoms with Crippen molar-refractivity contribution in [3.05, 3.63) is 29.3 Å². The van der Waals surface area contributed by atoms with Crippen molar-refractivity contribution in [2.45, 2.75) is 19.1 Å². The Bertz CT molecular complexity index is 470. The zero-order valence-electron chi connectivity index (χ0n) is 12.8. The molecule has 0 radical (unpaired) electrons. The number of carbonyl (C=O) groups excluding carboxylic acids is 1. The van der Waals surface area contributed by atoms with E-state index in [-0.39, 0.29) is 30.5 Å². The van der Waals surface area contributed by atoms with Crippen molar-refractivity contribution in [1.29, 1.82) is 0 Å². The fourth-order valence-electron chi connectivity index (χ4n) is 2.19. The zero-order valence-corrected chi connectivity index (χ0v) is 14.3. The van der Waals surface area contributed by atoms with Gasteiger partial charge in [0.05, 0.1) is 19.3 Å². The monoisotopic (exact) mass is 348 g/mol. The summed E-state index contributed by atoms with van der Waals surface area (Å²) in [5.41, 5.74) is 0. The van der Waals surface area contributed by atoms with Crippen molar-refractivity contribution in [2.24, 2.45) is 0 Å². The molecule has 124 valence electrons. The molecule has 1 amide bonds. The molecular weight excluding hydrogens is 327 g/mol. The van der Waals surface area contributed by atoms with Crippen LogP contribution in [0.5, 0.6) is 5.75 Å². The van der Waals surface area contributed by atoms with Gasteiger partial charge in [0.15, 0.2) is 0 Å². The van der Waals surface area contributed by atoms with E-state index in [0.717, 1.165) is 5.75 Å². The summed E-state index contributed by atoms with van der Waals surface area (Å²) in [5, 5.41) is 3.87. The van der Waals surface area contributed by atoms with E-state index in [1.165, 1.54) is 0 Å². The average molecular weight is 349 g/mol. The van der Waals surface area contributed by atoms with Gasteiger partial charge in [-0.05, 0) is 31.2 Å². The molecule has 7 heteroatoms. The van der Waals surface area contributed by atoms with Crippen LogP contribution in [-0.2, 0) is 9.53 Å². The topological polar surface area (TPSA) is 50.8 Å². The third-order valence-corrected chi connectivity index (χ3v) is 3.72. The number of likely N-dealkylation sites (N-methyl/N-ethyl adjacent to an activating group) is 1. The van der Waals surface area contributed by atoms with E-state index >= 15 is 0 Å². The van der Waals surface area contributed by atoms with Crippen LogP contribution in [0.4, 0.5) is 0 Å². The summed E-state index contributed by atoms with van der Waals surface area (Å²) in [6.07, 6.45) is -0.106. The van der Waals surface area contributed by atoms with Gasteiger partial charge in [-0.25, -0.2) is 0 Å². The maximum absolute atomic E-state index is 12.3. The van der Waals surface area contributed by atoms with E-state index in [1.54, 1.807) is 24.1 Å². The average Bonchev–Trinajstić information content (AvgIpc) is 2.49. The summed E-state index contributed by atoms with van der Waals surface area (Å²) in [6, 6.07) is 6.89. The molecule has 22 heavy (non-hydrogen) atoms. The highest BCUT2D eigenvalue weighted by Crippen LogP contribution is 2.15. The standard InChI is InChI=1S/C15H21ClN2O3.ClH/c1-11-14(17-7-9-20-11)15(19)18(2)8-10-21-13-5-3-12(16)4-6-13;/h3-6,11,14,17H,7-10H2,1-2H3;1H/t11-,14+;/m1./s1. The molecule has 1 aromatic rings. The summed E-state index contributed by atoms with van der Waals surface area (Å²) in [4.78, 5) is 14.0. The number of hydrogen-bond donors (Lipinski definition) is 1. The number of rotatable bonds is 5. The molecule has 0 saturated carbocycles.